The summed E-state index contributed by atoms with van der Waals surface area (Å²) in [6.07, 6.45) is 0. The highest BCUT2D eigenvalue weighted by Crippen LogP contribution is 2.02. The molecule has 1 N–H and O–H groups in total. The SMILES string of the molecule is CC1CN(I)CCN1. The van der Waals surface area contributed by atoms with Crippen LogP contribution in [0.1, 0.15) is 6.92 Å². The molecule has 0 radical (unpaired) electrons. The van der Waals surface area contributed by atoms with Gasteiger partial charge in [-0.25, -0.2) is 3.11 Å². The minimum absolute atomic E-state index is 0.681. The number of hydrogen-bond donors (Lipinski definition) is 1. The number of piperazine rings is 1. The van der Waals surface area contributed by atoms with Crippen molar-refractivity contribution >= 4 is 22.9 Å². The third-order valence-electron chi connectivity index (χ3n) is 1.32. The van der Waals surface area contributed by atoms with Crippen LogP contribution in [0.3, 0.4) is 0 Å². The third-order valence-corrected chi connectivity index (χ3v) is 2.20. The van der Waals surface area contributed by atoms with Gasteiger partial charge in [0.25, 0.3) is 0 Å². The highest BCUT2D eigenvalue weighted by molar-refractivity contribution is 14.1. The maximum atomic E-state index is 3.37. The summed E-state index contributed by atoms with van der Waals surface area (Å²) in [5, 5.41) is 3.37. The van der Waals surface area contributed by atoms with Gasteiger partial charge in [0.2, 0.25) is 0 Å². The van der Waals surface area contributed by atoms with E-state index in [4.69, 9.17) is 0 Å². The molecule has 1 saturated heterocycles. The molecule has 0 aromatic rings. The van der Waals surface area contributed by atoms with Gasteiger partial charge in [-0.05, 0) is 6.92 Å². The lowest BCUT2D eigenvalue weighted by molar-refractivity contribution is 0.356. The van der Waals surface area contributed by atoms with Crippen LogP contribution < -0.4 is 5.32 Å². The van der Waals surface area contributed by atoms with E-state index in [-0.39, 0.29) is 0 Å². The van der Waals surface area contributed by atoms with Crippen LogP contribution in [0.4, 0.5) is 0 Å². The van der Waals surface area contributed by atoms with Crippen molar-refractivity contribution in [3.8, 4) is 0 Å². The Kier molecular flexibility index (Phi) is 2.52. The number of nitrogens with zero attached hydrogens (tertiary/aromatic N) is 1. The van der Waals surface area contributed by atoms with E-state index in [1.807, 2.05) is 0 Å². The van der Waals surface area contributed by atoms with E-state index in [1.54, 1.807) is 0 Å². The lowest BCUT2D eigenvalue weighted by atomic mass is 10.3. The Bertz CT molecular complexity index is 68.8. The summed E-state index contributed by atoms with van der Waals surface area (Å²) >= 11 is 2.37. The second-order valence-electron chi connectivity index (χ2n) is 2.22. The molecule has 1 atom stereocenters. The van der Waals surface area contributed by atoms with Gasteiger partial charge >= 0.3 is 0 Å². The molecule has 1 unspecified atom stereocenters. The maximum Gasteiger partial charge on any atom is 0.0233 e. The van der Waals surface area contributed by atoms with Crippen LogP contribution in [0.2, 0.25) is 0 Å². The van der Waals surface area contributed by atoms with Crippen LogP contribution in [-0.2, 0) is 0 Å². The van der Waals surface area contributed by atoms with E-state index >= 15 is 0 Å². The second-order valence-corrected chi connectivity index (χ2v) is 3.59. The fourth-order valence-corrected chi connectivity index (χ4v) is 1.72. The maximum absolute atomic E-state index is 3.37. The van der Waals surface area contributed by atoms with Gasteiger partial charge in [0.15, 0.2) is 0 Å². The molecule has 0 bridgehead atoms. The third kappa shape index (κ3) is 1.87. The molecule has 0 aromatic heterocycles. The quantitative estimate of drug-likeness (QED) is 0.481. The minimum atomic E-state index is 0.681. The Balaban J connectivity index is 2.23. The summed E-state index contributed by atoms with van der Waals surface area (Å²) in [5.74, 6) is 0. The van der Waals surface area contributed by atoms with Gasteiger partial charge in [-0.3, -0.25) is 0 Å². The predicted octanol–water partition coefficient (Wildman–Crippen LogP) is 0.630. The molecule has 0 amide bonds. The number of halogens is 1. The van der Waals surface area contributed by atoms with Crippen molar-refractivity contribution in [3.05, 3.63) is 0 Å². The molecule has 1 rings (SSSR count). The van der Waals surface area contributed by atoms with Crippen molar-refractivity contribution in [3.63, 3.8) is 0 Å². The molecular weight excluding hydrogens is 215 g/mol. The predicted molar refractivity (Wildman–Crippen MR) is 43.1 cm³/mol. The van der Waals surface area contributed by atoms with Gasteiger partial charge in [-0.2, -0.15) is 0 Å². The first-order chi connectivity index (χ1) is 3.79. The first-order valence-electron chi connectivity index (χ1n) is 2.93. The molecule has 0 aromatic carbocycles. The molecule has 0 aliphatic carbocycles. The Morgan fingerprint density at radius 3 is 2.88 bits per heavy atom. The van der Waals surface area contributed by atoms with E-state index in [1.165, 1.54) is 13.1 Å². The topological polar surface area (TPSA) is 15.3 Å². The molecule has 1 aliphatic heterocycles. The van der Waals surface area contributed by atoms with Gasteiger partial charge in [-0.1, -0.05) is 0 Å². The molecule has 1 heterocycles. The van der Waals surface area contributed by atoms with Gasteiger partial charge in [0, 0.05) is 48.5 Å². The number of nitrogens with one attached hydrogen (secondary N) is 1. The van der Waals surface area contributed by atoms with E-state index in [2.05, 4.69) is 38.2 Å². The highest BCUT2D eigenvalue weighted by atomic mass is 127. The fraction of sp³-hybridized carbons (Fsp3) is 1.00. The van der Waals surface area contributed by atoms with Crippen molar-refractivity contribution in [1.82, 2.24) is 8.43 Å². The van der Waals surface area contributed by atoms with E-state index < -0.39 is 0 Å². The number of hydrogen-bond acceptors (Lipinski definition) is 2. The summed E-state index contributed by atoms with van der Waals surface area (Å²) in [7, 11) is 0. The van der Waals surface area contributed by atoms with Crippen molar-refractivity contribution in [1.29, 1.82) is 0 Å². The van der Waals surface area contributed by atoms with Crippen molar-refractivity contribution in [2.45, 2.75) is 13.0 Å². The van der Waals surface area contributed by atoms with Crippen LogP contribution in [0.5, 0.6) is 0 Å². The summed E-state index contributed by atoms with van der Waals surface area (Å²) in [6.45, 7) is 5.72. The van der Waals surface area contributed by atoms with Crippen molar-refractivity contribution < 1.29 is 0 Å². The largest absolute Gasteiger partial charge is 0.312 e. The second kappa shape index (κ2) is 2.98. The monoisotopic (exact) mass is 226 g/mol. The molecular formula is C5H11IN2. The van der Waals surface area contributed by atoms with Crippen LogP contribution in [0, 0.1) is 0 Å². The molecule has 8 heavy (non-hydrogen) atoms. The van der Waals surface area contributed by atoms with Crippen molar-refractivity contribution in [2.75, 3.05) is 19.6 Å². The van der Waals surface area contributed by atoms with E-state index in [9.17, 15) is 0 Å². The molecule has 0 saturated carbocycles. The highest BCUT2D eigenvalue weighted by Gasteiger charge is 2.11. The molecule has 0 spiro atoms. The average Bonchev–Trinajstić information content (AvgIpc) is 1.64. The lowest BCUT2D eigenvalue weighted by Gasteiger charge is -2.26. The zero-order valence-electron chi connectivity index (χ0n) is 5.02. The smallest absolute Gasteiger partial charge is 0.0233 e. The Morgan fingerprint density at radius 1 is 1.75 bits per heavy atom. The molecule has 3 heteroatoms. The van der Waals surface area contributed by atoms with Gasteiger partial charge < -0.3 is 5.32 Å². The normalized spacial score (nSPS) is 33.0. The van der Waals surface area contributed by atoms with Crippen LogP contribution in [-0.4, -0.2) is 28.8 Å². The molecule has 1 aliphatic rings. The Hall–Kier alpha value is 0.650. The summed E-state index contributed by atoms with van der Waals surface area (Å²) in [5.41, 5.74) is 0. The van der Waals surface area contributed by atoms with Gasteiger partial charge in [0.05, 0.1) is 0 Å². The first kappa shape index (κ1) is 6.77. The van der Waals surface area contributed by atoms with Gasteiger partial charge in [0.1, 0.15) is 0 Å². The van der Waals surface area contributed by atoms with Crippen LogP contribution in [0.25, 0.3) is 0 Å². The van der Waals surface area contributed by atoms with Crippen molar-refractivity contribution in [2.24, 2.45) is 0 Å². The zero-order chi connectivity index (χ0) is 5.98. The van der Waals surface area contributed by atoms with E-state index in [0.29, 0.717) is 6.04 Å². The lowest BCUT2D eigenvalue weighted by Crippen LogP contribution is -2.44. The summed E-state index contributed by atoms with van der Waals surface area (Å²) in [4.78, 5) is 0. The van der Waals surface area contributed by atoms with Crippen LogP contribution in [0.15, 0.2) is 0 Å². The summed E-state index contributed by atoms with van der Waals surface area (Å²) in [6, 6.07) is 0.681. The van der Waals surface area contributed by atoms with Gasteiger partial charge in [-0.15, -0.1) is 0 Å². The standard InChI is InChI=1S/C5H11IN2/c1-5-4-8(6)3-2-7-5/h5,7H,2-4H2,1H3. The number of rotatable bonds is 0. The summed E-state index contributed by atoms with van der Waals surface area (Å²) < 4.78 is 2.32. The Morgan fingerprint density at radius 2 is 2.50 bits per heavy atom. The minimum Gasteiger partial charge on any atom is -0.312 e. The zero-order valence-corrected chi connectivity index (χ0v) is 7.18. The molecule has 48 valence electrons. The molecule has 1 fully saturated rings. The van der Waals surface area contributed by atoms with E-state index in [0.717, 1.165) is 6.54 Å². The molecule has 2 nitrogen and oxygen atoms in total. The van der Waals surface area contributed by atoms with Crippen LogP contribution >= 0.6 is 22.9 Å². The fourth-order valence-electron chi connectivity index (χ4n) is 0.885. The average molecular weight is 226 g/mol. The first-order valence-corrected chi connectivity index (χ1v) is 3.89. The Labute approximate surface area is 64.1 Å².